The van der Waals surface area contributed by atoms with E-state index in [-0.39, 0.29) is 34.7 Å². The molecule has 0 unspecified atom stereocenters. The Morgan fingerprint density at radius 3 is 2.71 bits per heavy atom. The molecule has 194 valence electrons. The zero-order valence-electron chi connectivity index (χ0n) is 23.5. The minimum absolute atomic E-state index is 0.0481. The maximum Gasteiger partial charge on any atom is 0.273 e. The summed E-state index contributed by atoms with van der Waals surface area (Å²) in [5, 5.41) is 20.2. The first-order valence-corrected chi connectivity index (χ1v) is 11.5. The number of carbonyl (C=O) groups excluding carboxylic acids is 2. The number of hydrogen-bond acceptors (Lipinski definition) is 11. The number of nitrogens with zero attached hydrogens (tertiary/aromatic N) is 8. The summed E-state index contributed by atoms with van der Waals surface area (Å²) in [5.41, 5.74) is 0.997. The van der Waals surface area contributed by atoms with E-state index in [0.29, 0.717) is 35.9 Å². The van der Waals surface area contributed by atoms with Crippen LogP contribution < -0.4 is 25.6 Å². The zero-order valence-corrected chi connectivity index (χ0v) is 20.5. The normalized spacial score (nSPS) is 14.4. The first-order valence-electron chi connectivity index (χ1n) is 13.0. The predicted octanol–water partition coefficient (Wildman–Crippen LogP) is 2.04. The molecule has 1 aliphatic rings. The second-order valence-corrected chi connectivity index (χ2v) is 8.23. The van der Waals surface area contributed by atoms with Crippen LogP contribution in [0.4, 0.5) is 28.8 Å². The van der Waals surface area contributed by atoms with Crippen LogP contribution in [-0.2, 0) is 11.8 Å². The van der Waals surface area contributed by atoms with Gasteiger partial charge in [-0.25, -0.2) is 15.0 Å². The molecule has 0 aliphatic carbocycles. The molecule has 14 nitrogen and oxygen atoms in total. The first kappa shape index (κ1) is 21.0. The number of ether oxygens (including phenoxy) is 1. The third-order valence-electron chi connectivity index (χ3n) is 5.71. The maximum atomic E-state index is 12.8. The lowest BCUT2D eigenvalue weighted by Gasteiger charge is -2.16. The second kappa shape index (κ2) is 10.5. The van der Waals surface area contributed by atoms with Crippen molar-refractivity contribution in [2.45, 2.75) is 12.8 Å². The molecular weight excluding hydrogens is 490 g/mol. The molecule has 38 heavy (non-hydrogen) atoms. The van der Waals surface area contributed by atoms with Crippen molar-refractivity contribution in [2.75, 3.05) is 36.2 Å². The number of amides is 2. The molecule has 2 amide bonds. The van der Waals surface area contributed by atoms with Gasteiger partial charge in [-0.3, -0.25) is 14.3 Å². The minimum Gasteiger partial charge on any atom is -0.492 e. The van der Waals surface area contributed by atoms with Crippen LogP contribution in [0.15, 0.2) is 43.0 Å². The quantitative estimate of drug-likeness (QED) is 0.312. The summed E-state index contributed by atoms with van der Waals surface area (Å²) in [6, 6.07) is 6.56. The topological polar surface area (TPSA) is 165 Å². The van der Waals surface area contributed by atoms with Crippen molar-refractivity contribution in [3.8, 4) is 17.1 Å². The Labute approximate surface area is 221 Å². The van der Waals surface area contributed by atoms with Gasteiger partial charge >= 0.3 is 0 Å². The van der Waals surface area contributed by atoms with Crippen LogP contribution in [0.25, 0.3) is 11.4 Å². The summed E-state index contributed by atoms with van der Waals surface area (Å²) in [6.07, 6.45) is 5.92. The number of aryl methyl sites for hydroxylation is 1. The standard InChI is InChI=1S/C24H25N11O3/c1-25-24(37)20-16(29-23-21(38-3)15(8-9-26-23)22-28-13-34(2)33-22)11-18(31-32-20)30-17-7-6-14(12-27-17)35-10-4-5-19(35)36/h6-9,11-13H,4-5,10H2,1-3H3,(H,25,37)(H2,26,27,29,30,31)/i1D3. The van der Waals surface area contributed by atoms with Crippen LogP contribution in [0.5, 0.6) is 5.75 Å². The van der Waals surface area contributed by atoms with Gasteiger partial charge in [0.1, 0.15) is 12.1 Å². The molecule has 1 saturated heterocycles. The van der Waals surface area contributed by atoms with Gasteiger partial charge in [-0.05, 0) is 24.6 Å². The van der Waals surface area contributed by atoms with E-state index in [1.54, 1.807) is 36.3 Å². The van der Waals surface area contributed by atoms with Crippen molar-refractivity contribution >= 4 is 40.6 Å². The first-order chi connectivity index (χ1) is 19.6. The second-order valence-electron chi connectivity index (χ2n) is 8.23. The average molecular weight is 519 g/mol. The molecule has 0 aromatic carbocycles. The van der Waals surface area contributed by atoms with Crippen LogP contribution >= 0.6 is 0 Å². The number of anilines is 5. The molecule has 4 aromatic heterocycles. The van der Waals surface area contributed by atoms with Gasteiger partial charge in [-0.15, -0.1) is 10.2 Å². The number of carbonyl (C=O) groups is 2. The van der Waals surface area contributed by atoms with E-state index in [2.05, 4.69) is 40.9 Å². The highest BCUT2D eigenvalue weighted by Gasteiger charge is 2.22. The van der Waals surface area contributed by atoms with Crippen molar-refractivity contribution in [3.05, 3.63) is 48.7 Å². The van der Waals surface area contributed by atoms with E-state index in [9.17, 15) is 9.59 Å². The maximum absolute atomic E-state index is 12.8. The molecule has 14 heteroatoms. The Hall–Kier alpha value is -5.14. The van der Waals surface area contributed by atoms with Crippen LogP contribution in [0.2, 0.25) is 0 Å². The third kappa shape index (κ3) is 4.91. The number of aromatic nitrogens is 7. The van der Waals surface area contributed by atoms with Crippen molar-refractivity contribution in [1.29, 1.82) is 0 Å². The predicted molar refractivity (Wildman–Crippen MR) is 139 cm³/mol. The highest BCUT2D eigenvalue weighted by Crippen LogP contribution is 2.35. The Morgan fingerprint density at radius 2 is 2.03 bits per heavy atom. The van der Waals surface area contributed by atoms with Crippen LogP contribution in [-0.4, -0.2) is 67.4 Å². The highest BCUT2D eigenvalue weighted by atomic mass is 16.5. The largest absolute Gasteiger partial charge is 0.492 e. The molecular formula is C24H25N11O3. The van der Waals surface area contributed by atoms with Gasteiger partial charge in [0.15, 0.2) is 28.9 Å². The average Bonchev–Trinajstić information content (AvgIpc) is 3.56. The number of hydrogen-bond donors (Lipinski definition) is 3. The molecule has 1 fully saturated rings. The van der Waals surface area contributed by atoms with E-state index in [0.717, 1.165) is 6.42 Å². The summed E-state index contributed by atoms with van der Waals surface area (Å²) >= 11 is 0. The number of nitrogens with one attached hydrogen (secondary N) is 3. The molecule has 5 heterocycles. The number of methoxy groups -OCH3 is 1. The van der Waals surface area contributed by atoms with Gasteiger partial charge in [-0.2, -0.15) is 5.10 Å². The lowest BCUT2D eigenvalue weighted by atomic mass is 10.2. The van der Waals surface area contributed by atoms with Crippen LogP contribution in [0.1, 0.15) is 27.4 Å². The fourth-order valence-corrected chi connectivity index (χ4v) is 3.96. The monoisotopic (exact) mass is 518 g/mol. The smallest absolute Gasteiger partial charge is 0.273 e. The van der Waals surface area contributed by atoms with Crippen molar-refractivity contribution < 1.29 is 18.4 Å². The van der Waals surface area contributed by atoms with E-state index < -0.39 is 12.9 Å². The summed E-state index contributed by atoms with van der Waals surface area (Å²) < 4.78 is 29.4. The van der Waals surface area contributed by atoms with Gasteiger partial charge < -0.3 is 25.6 Å². The highest BCUT2D eigenvalue weighted by molar-refractivity contribution is 5.98. The Morgan fingerprint density at radius 1 is 1.13 bits per heavy atom. The molecule has 5 rings (SSSR count). The summed E-state index contributed by atoms with van der Waals surface area (Å²) in [4.78, 5) is 39.5. The van der Waals surface area contributed by atoms with E-state index in [1.165, 1.54) is 30.4 Å². The van der Waals surface area contributed by atoms with Crippen molar-refractivity contribution in [3.63, 3.8) is 0 Å². The molecule has 0 spiro atoms. The lowest BCUT2D eigenvalue weighted by Crippen LogP contribution is -2.23. The fourth-order valence-electron chi connectivity index (χ4n) is 3.96. The van der Waals surface area contributed by atoms with Gasteiger partial charge in [-0.1, -0.05) is 0 Å². The van der Waals surface area contributed by atoms with E-state index in [1.807, 2.05) is 5.32 Å². The molecule has 0 bridgehead atoms. The van der Waals surface area contributed by atoms with Crippen LogP contribution in [0.3, 0.4) is 0 Å². The molecule has 4 aromatic rings. The van der Waals surface area contributed by atoms with Crippen molar-refractivity contribution in [1.82, 2.24) is 40.2 Å². The molecule has 0 radical (unpaired) electrons. The molecule has 0 atom stereocenters. The van der Waals surface area contributed by atoms with Gasteiger partial charge in [0.25, 0.3) is 5.91 Å². The van der Waals surface area contributed by atoms with Crippen LogP contribution in [0, 0.1) is 0 Å². The summed E-state index contributed by atoms with van der Waals surface area (Å²) in [5.74, 6) is 0.516. The van der Waals surface area contributed by atoms with Gasteiger partial charge in [0.2, 0.25) is 5.91 Å². The van der Waals surface area contributed by atoms with Gasteiger partial charge in [0, 0.05) is 43.4 Å². The van der Waals surface area contributed by atoms with Gasteiger partial charge in [0.05, 0.1) is 30.2 Å². The SMILES string of the molecule is [2H]C([2H])([2H])NC(=O)c1nnc(Nc2ccc(N3CCCC3=O)cn2)cc1Nc1nccc(-c2ncn(C)n2)c1OC. The number of rotatable bonds is 8. The molecule has 0 saturated carbocycles. The molecule has 3 N–H and O–H groups in total. The third-order valence-corrected chi connectivity index (χ3v) is 5.71. The summed E-state index contributed by atoms with van der Waals surface area (Å²) in [6.45, 7) is -2.11. The number of pyridine rings is 2. The van der Waals surface area contributed by atoms with E-state index >= 15 is 0 Å². The molecule has 1 aliphatic heterocycles. The fraction of sp³-hybridized carbons (Fsp3) is 0.250. The Balaban J connectivity index is 1.47. The summed E-state index contributed by atoms with van der Waals surface area (Å²) in [7, 11) is 3.17. The minimum atomic E-state index is -2.75. The Bertz CT molecular complexity index is 1590. The zero-order chi connectivity index (χ0) is 29.1. The Kier molecular flexibility index (Phi) is 5.78. The lowest BCUT2D eigenvalue weighted by molar-refractivity contribution is -0.117. The van der Waals surface area contributed by atoms with Crippen molar-refractivity contribution in [2.24, 2.45) is 7.05 Å². The van der Waals surface area contributed by atoms with E-state index in [4.69, 9.17) is 8.85 Å².